The summed E-state index contributed by atoms with van der Waals surface area (Å²) in [5.74, 6) is 0.260. The largest absolute Gasteiger partial charge is 0.508 e. The average Bonchev–Trinajstić information content (AvgIpc) is 3.20. The maximum atomic E-state index is 13.3. The van der Waals surface area contributed by atoms with Gasteiger partial charge in [0.25, 0.3) is 0 Å². The minimum atomic E-state index is -0.261. The highest BCUT2D eigenvalue weighted by atomic mass is 16.5. The highest BCUT2D eigenvalue weighted by molar-refractivity contribution is 5.89. The van der Waals surface area contributed by atoms with E-state index in [4.69, 9.17) is 4.74 Å². The second kappa shape index (κ2) is 6.81. The van der Waals surface area contributed by atoms with Gasteiger partial charge in [0.2, 0.25) is 0 Å². The first kappa shape index (κ1) is 19.8. The van der Waals surface area contributed by atoms with Gasteiger partial charge < -0.3 is 9.84 Å². The molecule has 4 aliphatic carbocycles. The topological polar surface area (TPSA) is 63.6 Å². The Bertz CT molecular complexity index is 1180. The number of carbonyl (C=O) groups is 2. The van der Waals surface area contributed by atoms with Crippen molar-refractivity contribution in [1.29, 1.82) is 0 Å². The van der Waals surface area contributed by atoms with E-state index >= 15 is 0 Å². The molecule has 0 radical (unpaired) electrons. The van der Waals surface area contributed by atoms with Crippen molar-refractivity contribution < 1.29 is 19.4 Å². The molecule has 1 fully saturated rings. The van der Waals surface area contributed by atoms with Crippen molar-refractivity contribution in [2.45, 2.75) is 56.3 Å². The minimum absolute atomic E-state index is 0.0450. The zero-order valence-electron chi connectivity index (χ0n) is 18.4. The third-order valence-corrected chi connectivity index (χ3v) is 8.48. The predicted octanol–water partition coefficient (Wildman–Crippen LogP) is 4.34. The van der Waals surface area contributed by atoms with Gasteiger partial charge in [-0.15, -0.1) is 0 Å². The number of phenols is 1. The third kappa shape index (κ3) is 2.68. The number of rotatable bonds is 5. The number of hydrogen-bond acceptors (Lipinski definition) is 4. The number of fused-ring (bicyclic) bond motifs is 4. The molecule has 0 aliphatic heterocycles. The Morgan fingerprint density at radius 2 is 1.84 bits per heavy atom. The highest BCUT2D eigenvalue weighted by Gasteiger charge is 2.61. The maximum Gasteiger partial charge on any atom is 0.314 e. The molecule has 0 bridgehead atoms. The Hall–Kier alpha value is -2.88. The van der Waals surface area contributed by atoms with Crippen LogP contribution in [0.4, 0.5) is 0 Å². The SMILES string of the molecule is CCOC(=O)C1C=CC12CCc1ccc(CC(=O)C3CC34CCc3ccc(O)cc34)cc12. The van der Waals surface area contributed by atoms with Crippen LogP contribution in [0.5, 0.6) is 5.75 Å². The van der Waals surface area contributed by atoms with E-state index in [1.54, 1.807) is 6.07 Å². The molecule has 4 heteroatoms. The molecule has 0 saturated heterocycles. The lowest BCUT2D eigenvalue weighted by atomic mass is 9.63. The molecule has 4 unspecified atom stereocenters. The van der Waals surface area contributed by atoms with Gasteiger partial charge in [0.1, 0.15) is 11.5 Å². The molecule has 4 aliphatic rings. The lowest BCUT2D eigenvalue weighted by molar-refractivity contribution is -0.148. The number of esters is 1. The number of ether oxygens (including phenoxy) is 1. The fourth-order valence-corrected chi connectivity index (χ4v) is 6.67. The Labute approximate surface area is 188 Å². The molecule has 2 aromatic rings. The monoisotopic (exact) mass is 428 g/mol. The highest BCUT2D eigenvalue weighted by Crippen LogP contribution is 2.62. The molecule has 0 amide bonds. The summed E-state index contributed by atoms with van der Waals surface area (Å²) >= 11 is 0. The first-order chi connectivity index (χ1) is 15.5. The van der Waals surface area contributed by atoms with Crippen molar-refractivity contribution >= 4 is 11.8 Å². The van der Waals surface area contributed by atoms with Gasteiger partial charge in [-0.1, -0.05) is 36.4 Å². The van der Waals surface area contributed by atoms with Crippen LogP contribution >= 0.6 is 0 Å². The van der Waals surface area contributed by atoms with Gasteiger partial charge in [0.05, 0.1) is 12.5 Å². The molecule has 4 atom stereocenters. The fourth-order valence-electron chi connectivity index (χ4n) is 6.67. The van der Waals surface area contributed by atoms with Crippen LogP contribution in [0.1, 0.15) is 54.0 Å². The van der Waals surface area contributed by atoms with E-state index in [-0.39, 0.29) is 34.4 Å². The predicted molar refractivity (Wildman–Crippen MR) is 121 cm³/mol. The smallest absolute Gasteiger partial charge is 0.314 e. The minimum Gasteiger partial charge on any atom is -0.508 e. The molecule has 0 heterocycles. The van der Waals surface area contributed by atoms with Crippen molar-refractivity contribution in [3.05, 3.63) is 76.4 Å². The van der Waals surface area contributed by atoms with Gasteiger partial charge in [-0.2, -0.15) is 0 Å². The van der Waals surface area contributed by atoms with Gasteiger partial charge >= 0.3 is 5.97 Å². The summed E-state index contributed by atoms with van der Waals surface area (Å²) < 4.78 is 5.31. The first-order valence-electron chi connectivity index (χ1n) is 11.8. The van der Waals surface area contributed by atoms with Crippen molar-refractivity contribution in [2.75, 3.05) is 6.61 Å². The number of allylic oxidation sites excluding steroid dienone is 1. The van der Waals surface area contributed by atoms with Gasteiger partial charge in [-0.25, -0.2) is 0 Å². The fraction of sp³-hybridized carbons (Fsp3) is 0.429. The molecule has 4 nitrogen and oxygen atoms in total. The second-order valence-electron chi connectivity index (χ2n) is 10.0. The summed E-state index contributed by atoms with van der Waals surface area (Å²) in [4.78, 5) is 25.8. The Morgan fingerprint density at radius 3 is 2.62 bits per heavy atom. The zero-order valence-corrected chi connectivity index (χ0v) is 18.4. The second-order valence-corrected chi connectivity index (χ2v) is 10.0. The summed E-state index contributed by atoms with van der Waals surface area (Å²) in [6.45, 7) is 2.23. The van der Waals surface area contributed by atoms with Crippen LogP contribution in [0.3, 0.4) is 0 Å². The van der Waals surface area contributed by atoms with Crippen LogP contribution in [0, 0.1) is 11.8 Å². The average molecular weight is 429 g/mol. The number of aromatic hydroxyl groups is 1. The molecule has 32 heavy (non-hydrogen) atoms. The van der Waals surface area contributed by atoms with E-state index in [2.05, 4.69) is 24.3 Å². The van der Waals surface area contributed by atoms with Gasteiger partial charge in [0, 0.05) is 23.2 Å². The van der Waals surface area contributed by atoms with E-state index in [1.165, 1.54) is 22.3 Å². The van der Waals surface area contributed by atoms with Crippen LogP contribution in [0.15, 0.2) is 48.6 Å². The molecule has 2 aromatic carbocycles. The normalized spacial score (nSPS) is 30.8. The Kier molecular flexibility index (Phi) is 4.21. The van der Waals surface area contributed by atoms with Crippen LogP contribution in [-0.2, 0) is 44.4 Å². The molecule has 2 spiro atoms. The summed E-state index contributed by atoms with van der Waals surface area (Å²) in [6, 6.07) is 12.0. The van der Waals surface area contributed by atoms with E-state index in [9.17, 15) is 14.7 Å². The van der Waals surface area contributed by atoms with Crippen LogP contribution in [0.2, 0.25) is 0 Å². The molecule has 6 rings (SSSR count). The molecule has 1 N–H and O–H groups in total. The van der Waals surface area contributed by atoms with Crippen molar-refractivity contribution in [3.8, 4) is 5.75 Å². The third-order valence-electron chi connectivity index (χ3n) is 8.48. The maximum absolute atomic E-state index is 13.3. The lowest BCUT2D eigenvalue weighted by Gasteiger charge is -2.39. The summed E-state index contributed by atoms with van der Waals surface area (Å²) in [5.41, 5.74) is 5.65. The molecule has 0 aromatic heterocycles. The van der Waals surface area contributed by atoms with Gasteiger partial charge in [0.15, 0.2) is 0 Å². The van der Waals surface area contributed by atoms with E-state index in [1.807, 2.05) is 25.1 Å². The molecule has 1 saturated carbocycles. The summed E-state index contributed by atoms with van der Waals surface area (Å²) in [6.07, 6.45) is 9.31. The van der Waals surface area contributed by atoms with Crippen molar-refractivity contribution in [1.82, 2.24) is 0 Å². The number of aryl methyl sites for hydroxylation is 2. The van der Waals surface area contributed by atoms with Gasteiger partial charge in [-0.3, -0.25) is 9.59 Å². The van der Waals surface area contributed by atoms with E-state index < -0.39 is 0 Å². The number of carbonyl (C=O) groups excluding carboxylic acids is 2. The zero-order chi connectivity index (χ0) is 22.1. The summed E-state index contributed by atoms with van der Waals surface area (Å²) in [7, 11) is 0. The van der Waals surface area contributed by atoms with Gasteiger partial charge in [-0.05, 0) is 79.0 Å². The van der Waals surface area contributed by atoms with Crippen LogP contribution < -0.4 is 0 Å². The lowest BCUT2D eigenvalue weighted by Crippen LogP contribution is -2.42. The van der Waals surface area contributed by atoms with Crippen LogP contribution in [0.25, 0.3) is 0 Å². The molecule has 164 valence electrons. The Morgan fingerprint density at radius 1 is 1.06 bits per heavy atom. The number of ketones is 1. The van der Waals surface area contributed by atoms with E-state index in [0.717, 1.165) is 37.7 Å². The van der Waals surface area contributed by atoms with E-state index in [0.29, 0.717) is 18.8 Å². The number of benzene rings is 2. The quantitative estimate of drug-likeness (QED) is 0.568. The number of phenolic OH excluding ortho intramolecular Hbond substituents is 1. The molecular weight excluding hydrogens is 400 g/mol. The molecular formula is C28H28O4. The van der Waals surface area contributed by atoms with Crippen molar-refractivity contribution in [3.63, 3.8) is 0 Å². The number of Topliss-reactive ketones (excluding diaryl/α,β-unsaturated/α-hetero) is 1. The summed E-state index contributed by atoms with van der Waals surface area (Å²) in [5, 5.41) is 9.95. The standard InChI is InChI=1S/C28H28O4/c1-2-32-26(31)21-9-12-27(21)10-7-18-4-3-17(13-22(18)27)14-25(30)24-16-28(24)11-8-19-5-6-20(29)15-23(19)28/h3-6,9,12-13,15,21,24,29H,2,7-8,10-11,14,16H2,1H3. The first-order valence-corrected chi connectivity index (χ1v) is 11.8. The van der Waals surface area contributed by atoms with Crippen LogP contribution in [-0.4, -0.2) is 23.5 Å². The Balaban J connectivity index is 1.22. The number of hydrogen-bond donors (Lipinski definition) is 1. The van der Waals surface area contributed by atoms with Crippen molar-refractivity contribution in [2.24, 2.45) is 11.8 Å².